The third kappa shape index (κ3) is 4.19. The van der Waals surface area contributed by atoms with Gasteiger partial charge >= 0.3 is 6.03 Å². The number of carbonyl (C=O) groups is 3. The fraction of sp³-hybridized carbons (Fsp3) is 0.812. The van der Waals surface area contributed by atoms with Gasteiger partial charge in [0.15, 0.2) is 0 Å². The molecule has 0 spiro atoms. The second-order valence-corrected chi connectivity index (χ2v) is 7.71. The molecular weight excluding hydrogens is 332 g/mol. The van der Waals surface area contributed by atoms with Crippen LogP contribution in [0.2, 0.25) is 0 Å². The molecule has 7 nitrogen and oxygen atoms in total. The van der Waals surface area contributed by atoms with E-state index in [0.717, 1.165) is 24.2 Å². The van der Waals surface area contributed by atoms with Crippen molar-refractivity contribution in [2.75, 3.05) is 13.1 Å². The number of nitrogens with one attached hydrogen (secondary N) is 2. The maximum atomic E-state index is 12.5. The summed E-state index contributed by atoms with van der Waals surface area (Å²) in [6.45, 7) is 7.77. The molecule has 0 bridgehead atoms. The van der Waals surface area contributed by atoms with Crippen LogP contribution in [-0.4, -0.2) is 46.9 Å². The van der Waals surface area contributed by atoms with Crippen molar-refractivity contribution in [3.63, 3.8) is 0 Å². The summed E-state index contributed by atoms with van der Waals surface area (Å²) in [5.41, 5.74) is 4.39. The number of nitrogens with two attached hydrogens (primary N) is 1. The number of halogens is 1. The van der Waals surface area contributed by atoms with E-state index in [1.165, 1.54) is 0 Å². The van der Waals surface area contributed by atoms with E-state index in [9.17, 15) is 14.4 Å². The van der Waals surface area contributed by atoms with Crippen molar-refractivity contribution in [2.24, 2.45) is 17.6 Å². The SMILES string of the molecule is CC(C)CC(C)(CN)NC(=O)CN1C(=O)NC(C)(C2CC2)C1=O.Cl. The minimum atomic E-state index is -0.855. The Labute approximate surface area is 149 Å². The lowest BCUT2D eigenvalue weighted by molar-refractivity contribution is -0.135. The predicted octanol–water partition coefficient (Wildman–Crippen LogP) is 1.01. The Kier molecular flexibility index (Phi) is 6.27. The molecule has 2 atom stereocenters. The average molecular weight is 361 g/mol. The molecule has 1 saturated carbocycles. The van der Waals surface area contributed by atoms with E-state index in [4.69, 9.17) is 5.73 Å². The van der Waals surface area contributed by atoms with Gasteiger partial charge < -0.3 is 16.4 Å². The Bertz CT molecular complexity index is 523. The lowest BCUT2D eigenvalue weighted by atomic mass is 9.90. The number of urea groups is 1. The maximum absolute atomic E-state index is 12.5. The predicted molar refractivity (Wildman–Crippen MR) is 93.7 cm³/mol. The minimum Gasteiger partial charge on any atom is -0.348 e. The van der Waals surface area contributed by atoms with Crippen molar-refractivity contribution in [1.29, 1.82) is 0 Å². The van der Waals surface area contributed by atoms with Crippen LogP contribution in [0.3, 0.4) is 0 Å². The molecule has 1 heterocycles. The van der Waals surface area contributed by atoms with Crippen LogP contribution < -0.4 is 16.4 Å². The molecule has 2 fully saturated rings. The zero-order valence-electron chi connectivity index (χ0n) is 14.8. The average Bonchev–Trinajstić information content (AvgIpc) is 3.24. The molecule has 24 heavy (non-hydrogen) atoms. The van der Waals surface area contributed by atoms with Crippen LogP contribution in [0.5, 0.6) is 0 Å². The monoisotopic (exact) mass is 360 g/mol. The van der Waals surface area contributed by atoms with E-state index in [0.29, 0.717) is 12.5 Å². The summed E-state index contributed by atoms with van der Waals surface area (Å²) in [7, 11) is 0. The lowest BCUT2D eigenvalue weighted by Gasteiger charge is -2.31. The normalized spacial score (nSPS) is 26.0. The number of amides is 4. The van der Waals surface area contributed by atoms with Gasteiger partial charge in [0.05, 0.1) is 0 Å². The van der Waals surface area contributed by atoms with Crippen LogP contribution >= 0.6 is 12.4 Å². The number of carbonyl (C=O) groups excluding carboxylic acids is 3. The molecule has 4 amide bonds. The molecule has 1 aliphatic heterocycles. The molecule has 0 aromatic carbocycles. The van der Waals surface area contributed by atoms with E-state index in [1.54, 1.807) is 6.92 Å². The first kappa shape index (κ1) is 20.7. The van der Waals surface area contributed by atoms with E-state index in [-0.39, 0.29) is 36.7 Å². The van der Waals surface area contributed by atoms with Gasteiger partial charge in [-0.05, 0) is 44.9 Å². The van der Waals surface area contributed by atoms with Gasteiger partial charge in [0.25, 0.3) is 5.91 Å². The number of rotatable bonds is 7. The summed E-state index contributed by atoms with van der Waals surface area (Å²) in [6.07, 6.45) is 2.60. The minimum absolute atomic E-state index is 0. The van der Waals surface area contributed by atoms with Crippen LogP contribution in [-0.2, 0) is 9.59 Å². The molecule has 138 valence electrons. The van der Waals surface area contributed by atoms with Crippen molar-refractivity contribution in [3.8, 4) is 0 Å². The van der Waals surface area contributed by atoms with Gasteiger partial charge in [-0.3, -0.25) is 14.5 Å². The Hall–Kier alpha value is -1.34. The topological polar surface area (TPSA) is 105 Å². The summed E-state index contributed by atoms with van der Waals surface area (Å²) in [5, 5.41) is 5.62. The number of nitrogens with zero attached hydrogens (tertiary/aromatic N) is 1. The molecule has 4 N–H and O–H groups in total. The van der Waals surface area contributed by atoms with Gasteiger partial charge in [-0.2, -0.15) is 0 Å². The summed E-state index contributed by atoms with van der Waals surface area (Å²) in [6, 6.07) is -0.488. The maximum Gasteiger partial charge on any atom is 0.325 e. The van der Waals surface area contributed by atoms with E-state index in [2.05, 4.69) is 24.5 Å². The van der Waals surface area contributed by atoms with Crippen LogP contribution in [0.4, 0.5) is 4.79 Å². The fourth-order valence-corrected chi connectivity index (χ4v) is 3.40. The van der Waals surface area contributed by atoms with Gasteiger partial charge in [-0.15, -0.1) is 12.4 Å². The number of hydrogen-bond donors (Lipinski definition) is 3. The van der Waals surface area contributed by atoms with Gasteiger partial charge in [0.2, 0.25) is 5.91 Å². The summed E-state index contributed by atoms with van der Waals surface area (Å²) < 4.78 is 0. The van der Waals surface area contributed by atoms with Crippen molar-refractivity contribution in [3.05, 3.63) is 0 Å². The van der Waals surface area contributed by atoms with Crippen molar-refractivity contribution in [2.45, 2.75) is 58.0 Å². The lowest BCUT2D eigenvalue weighted by Crippen LogP contribution is -2.55. The summed E-state index contributed by atoms with van der Waals surface area (Å²) >= 11 is 0. The van der Waals surface area contributed by atoms with Gasteiger partial charge in [0, 0.05) is 12.1 Å². The molecule has 2 unspecified atom stereocenters. The Balaban J connectivity index is 0.00000288. The van der Waals surface area contributed by atoms with E-state index in [1.807, 2.05) is 6.92 Å². The third-order valence-corrected chi connectivity index (χ3v) is 4.75. The van der Waals surface area contributed by atoms with Crippen molar-refractivity contribution < 1.29 is 14.4 Å². The molecule has 2 aliphatic rings. The Morgan fingerprint density at radius 3 is 2.50 bits per heavy atom. The highest BCUT2D eigenvalue weighted by Gasteiger charge is 2.56. The smallest absolute Gasteiger partial charge is 0.325 e. The second-order valence-electron chi connectivity index (χ2n) is 7.71. The highest BCUT2D eigenvalue weighted by Crippen LogP contribution is 2.42. The first-order valence-corrected chi connectivity index (χ1v) is 8.26. The largest absolute Gasteiger partial charge is 0.348 e. The zero-order valence-corrected chi connectivity index (χ0v) is 15.7. The van der Waals surface area contributed by atoms with Crippen LogP contribution in [0.25, 0.3) is 0 Å². The molecule has 2 rings (SSSR count). The van der Waals surface area contributed by atoms with Crippen molar-refractivity contribution in [1.82, 2.24) is 15.5 Å². The van der Waals surface area contributed by atoms with Crippen LogP contribution in [0.15, 0.2) is 0 Å². The number of imide groups is 1. The molecular formula is C16H29ClN4O3. The molecule has 1 saturated heterocycles. The first-order chi connectivity index (χ1) is 10.6. The van der Waals surface area contributed by atoms with E-state index < -0.39 is 17.1 Å². The standard InChI is InChI=1S/C16H28N4O3.ClH/c1-10(2)7-15(3,9-17)18-12(21)8-20-13(22)16(4,11-5-6-11)19-14(20)23;/h10-11H,5-9,17H2,1-4H3,(H,18,21)(H,19,23);1H. The summed E-state index contributed by atoms with van der Waals surface area (Å²) in [5.74, 6) is -0.110. The van der Waals surface area contributed by atoms with E-state index >= 15 is 0 Å². The van der Waals surface area contributed by atoms with Gasteiger partial charge in [-0.25, -0.2) is 4.79 Å². The molecule has 0 aromatic heterocycles. The molecule has 1 aliphatic carbocycles. The Morgan fingerprint density at radius 1 is 1.46 bits per heavy atom. The number of hydrogen-bond acceptors (Lipinski definition) is 4. The quantitative estimate of drug-likeness (QED) is 0.589. The van der Waals surface area contributed by atoms with Gasteiger partial charge in [-0.1, -0.05) is 13.8 Å². The van der Waals surface area contributed by atoms with Gasteiger partial charge in [0.1, 0.15) is 12.1 Å². The summed E-state index contributed by atoms with van der Waals surface area (Å²) in [4.78, 5) is 37.9. The highest BCUT2D eigenvalue weighted by molar-refractivity contribution is 6.09. The molecule has 0 radical (unpaired) electrons. The highest BCUT2D eigenvalue weighted by atomic mass is 35.5. The van der Waals surface area contributed by atoms with Crippen molar-refractivity contribution >= 4 is 30.3 Å². The fourth-order valence-electron chi connectivity index (χ4n) is 3.40. The molecule has 0 aromatic rings. The second kappa shape index (κ2) is 7.27. The first-order valence-electron chi connectivity index (χ1n) is 8.26. The molecule has 8 heteroatoms. The van der Waals surface area contributed by atoms with Crippen LogP contribution in [0.1, 0.15) is 47.0 Å². The third-order valence-electron chi connectivity index (χ3n) is 4.75. The van der Waals surface area contributed by atoms with Crippen LogP contribution in [0, 0.1) is 11.8 Å². The zero-order chi connectivity index (χ0) is 17.4. The Morgan fingerprint density at radius 2 is 2.04 bits per heavy atom.